The van der Waals surface area contributed by atoms with Gasteiger partial charge in [-0.15, -0.1) is 0 Å². The molecule has 1 rings (SSSR count). The monoisotopic (exact) mass is 298 g/mol. The van der Waals surface area contributed by atoms with Gasteiger partial charge in [0.1, 0.15) is 10.7 Å². The number of anilines is 1. The Morgan fingerprint density at radius 2 is 2.20 bits per heavy atom. The number of rotatable bonds is 8. The van der Waals surface area contributed by atoms with Crippen LogP contribution in [0.4, 0.5) is 5.95 Å². The molecule has 0 saturated carbocycles. The van der Waals surface area contributed by atoms with Crippen LogP contribution in [0, 0.1) is 0 Å². The van der Waals surface area contributed by atoms with Crippen molar-refractivity contribution in [3.05, 3.63) is 18.0 Å². The fourth-order valence-corrected chi connectivity index (χ4v) is 1.59. The Hall–Kier alpha value is -1.80. The summed E-state index contributed by atoms with van der Waals surface area (Å²) < 4.78 is 9.67. The summed E-state index contributed by atoms with van der Waals surface area (Å²) in [7, 11) is 2.95. The zero-order valence-corrected chi connectivity index (χ0v) is 12.4. The van der Waals surface area contributed by atoms with Crippen LogP contribution in [0.3, 0.4) is 0 Å². The summed E-state index contributed by atoms with van der Waals surface area (Å²) in [4.78, 5) is 21.7. The second-order valence-corrected chi connectivity index (χ2v) is 4.35. The molecule has 0 radical (unpaired) electrons. The van der Waals surface area contributed by atoms with Crippen molar-refractivity contribution in [3.8, 4) is 0 Å². The zero-order valence-electron chi connectivity index (χ0n) is 11.5. The first-order valence-electron chi connectivity index (χ1n) is 6.02. The number of hydrogen-bond donors (Lipinski definition) is 1. The van der Waals surface area contributed by atoms with Gasteiger partial charge in [0.15, 0.2) is 0 Å². The second-order valence-electron chi connectivity index (χ2n) is 3.91. The summed E-state index contributed by atoms with van der Waals surface area (Å²) in [5.74, 6) is 0.161. The molecule has 0 aromatic carbocycles. The summed E-state index contributed by atoms with van der Waals surface area (Å²) >= 11 is 4.89. The van der Waals surface area contributed by atoms with E-state index in [2.05, 4.69) is 14.7 Å². The molecule has 20 heavy (non-hydrogen) atoms. The maximum absolute atomic E-state index is 11.2. The van der Waals surface area contributed by atoms with E-state index in [-0.39, 0.29) is 17.4 Å². The summed E-state index contributed by atoms with van der Waals surface area (Å²) in [6.07, 6.45) is 1.82. The molecule has 0 bridgehead atoms. The third-order valence-corrected chi connectivity index (χ3v) is 2.77. The van der Waals surface area contributed by atoms with Crippen LogP contribution in [0.5, 0.6) is 0 Å². The SMILES string of the molecule is COCCN(CCC(=O)OC)c1nccc(C(N)=S)n1. The van der Waals surface area contributed by atoms with E-state index in [0.717, 1.165) is 0 Å². The van der Waals surface area contributed by atoms with E-state index < -0.39 is 0 Å². The largest absolute Gasteiger partial charge is 0.469 e. The lowest BCUT2D eigenvalue weighted by Gasteiger charge is -2.21. The van der Waals surface area contributed by atoms with E-state index in [1.807, 2.05) is 4.90 Å². The van der Waals surface area contributed by atoms with Gasteiger partial charge in [-0.1, -0.05) is 12.2 Å². The number of nitrogens with two attached hydrogens (primary N) is 1. The normalized spacial score (nSPS) is 10.1. The van der Waals surface area contributed by atoms with Gasteiger partial charge in [-0.3, -0.25) is 4.79 Å². The van der Waals surface area contributed by atoms with E-state index in [9.17, 15) is 4.79 Å². The summed E-state index contributed by atoms with van der Waals surface area (Å²) in [6.45, 7) is 1.47. The Balaban J connectivity index is 2.83. The van der Waals surface area contributed by atoms with Crippen LogP contribution in [-0.4, -0.2) is 54.8 Å². The van der Waals surface area contributed by atoms with E-state index in [4.69, 9.17) is 22.7 Å². The predicted octanol–water partition coefficient (Wildman–Crippen LogP) is 0.127. The maximum atomic E-state index is 11.2. The van der Waals surface area contributed by atoms with Gasteiger partial charge < -0.3 is 20.1 Å². The first-order valence-corrected chi connectivity index (χ1v) is 6.43. The van der Waals surface area contributed by atoms with Crippen molar-refractivity contribution in [2.75, 3.05) is 38.8 Å². The van der Waals surface area contributed by atoms with Crippen LogP contribution in [0.2, 0.25) is 0 Å². The Kier molecular flexibility index (Phi) is 6.82. The molecule has 1 aromatic heterocycles. The molecular formula is C12H18N4O3S. The van der Waals surface area contributed by atoms with Crippen molar-refractivity contribution in [2.45, 2.75) is 6.42 Å². The molecule has 2 N–H and O–H groups in total. The number of nitrogens with zero attached hydrogens (tertiary/aromatic N) is 3. The number of methoxy groups -OCH3 is 2. The van der Waals surface area contributed by atoms with Crippen molar-refractivity contribution >= 4 is 29.1 Å². The summed E-state index contributed by atoms with van der Waals surface area (Å²) in [5.41, 5.74) is 6.04. The zero-order chi connectivity index (χ0) is 15.0. The van der Waals surface area contributed by atoms with Gasteiger partial charge in [0.25, 0.3) is 0 Å². The number of ether oxygens (including phenoxy) is 2. The molecule has 0 aliphatic heterocycles. The van der Waals surface area contributed by atoms with Gasteiger partial charge >= 0.3 is 5.97 Å². The second kappa shape index (κ2) is 8.39. The molecule has 0 aliphatic rings. The van der Waals surface area contributed by atoms with Gasteiger partial charge in [0.05, 0.1) is 20.1 Å². The highest BCUT2D eigenvalue weighted by Gasteiger charge is 2.13. The van der Waals surface area contributed by atoms with Crippen LogP contribution in [0.15, 0.2) is 12.3 Å². The molecule has 0 unspecified atom stereocenters. The first-order chi connectivity index (χ1) is 9.58. The molecule has 110 valence electrons. The fourth-order valence-electron chi connectivity index (χ4n) is 1.48. The van der Waals surface area contributed by atoms with E-state index in [1.54, 1.807) is 19.4 Å². The minimum Gasteiger partial charge on any atom is -0.469 e. The average molecular weight is 298 g/mol. The van der Waals surface area contributed by atoms with Gasteiger partial charge in [0.2, 0.25) is 5.95 Å². The molecule has 7 nitrogen and oxygen atoms in total. The molecule has 0 atom stereocenters. The minimum absolute atomic E-state index is 0.202. The highest BCUT2D eigenvalue weighted by Crippen LogP contribution is 2.08. The molecule has 0 amide bonds. The molecule has 0 aliphatic carbocycles. The lowest BCUT2D eigenvalue weighted by Crippen LogP contribution is -2.32. The fraction of sp³-hybridized carbons (Fsp3) is 0.500. The smallest absolute Gasteiger partial charge is 0.307 e. The average Bonchev–Trinajstić information content (AvgIpc) is 2.47. The van der Waals surface area contributed by atoms with Crippen molar-refractivity contribution in [3.63, 3.8) is 0 Å². The lowest BCUT2D eigenvalue weighted by atomic mass is 10.3. The predicted molar refractivity (Wildman–Crippen MR) is 78.6 cm³/mol. The number of aromatic nitrogens is 2. The van der Waals surface area contributed by atoms with Crippen LogP contribution in [0.1, 0.15) is 12.1 Å². The van der Waals surface area contributed by atoms with Crippen LogP contribution >= 0.6 is 12.2 Å². The Labute approximate surface area is 123 Å². The van der Waals surface area contributed by atoms with Crippen molar-refractivity contribution < 1.29 is 14.3 Å². The maximum Gasteiger partial charge on any atom is 0.307 e. The van der Waals surface area contributed by atoms with Crippen LogP contribution in [-0.2, 0) is 14.3 Å². The van der Waals surface area contributed by atoms with Gasteiger partial charge in [-0.2, -0.15) is 0 Å². The van der Waals surface area contributed by atoms with Gasteiger partial charge in [-0.25, -0.2) is 9.97 Å². The first kappa shape index (κ1) is 16.3. The number of carbonyl (C=O) groups excluding carboxylic acids is 1. The van der Waals surface area contributed by atoms with E-state index >= 15 is 0 Å². The minimum atomic E-state index is -0.294. The molecule has 8 heteroatoms. The number of thiocarbonyl (C=S) groups is 1. The van der Waals surface area contributed by atoms with E-state index in [1.165, 1.54) is 7.11 Å². The van der Waals surface area contributed by atoms with Crippen LogP contribution < -0.4 is 10.6 Å². The molecular weight excluding hydrogens is 280 g/mol. The number of carbonyl (C=O) groups is 1. The lowest BCUT2D eigenvalue weighted by molar-refractivity contribution is -0.140. The molecule has 1 heterocycles. The van der Waals surface area contributed by atoms with Crippen molar-refractivity contribution in [2.24, 2.45) is 5.73 Å². The van der Waals surface area contributed by atoms with Crippen LogP contribution in [0.25, 0.3) is 0 Å². The highest BCUT2D eigenvalue weighted by molar-refractivity contribution is 7.80. The molecule has 0 saturated heterocycles. The standard InChI is InChI=1S/C12H18N4O3S/c1-18-8-7-16(6-4-10(17)19-2)12-14-5-3-9(15-12)11(13)20/h3,5H,4,6-8H2,1-2H3,(H2,13,20). The Bertz CT molecular complexity index is 470. The molecule has 0 fully saturated rings. The number of hydrogen-bond acceptors (Lipinski definition) is 7. The van der Waals surface area contributed by atoms with Crippen molar-refractivity contribution in [1.82, 2.24) is 9.97 Å². The topological polar surface area (TPSA) is 90.6 Å². The third kappa shape index (κ3) is 5.06. The van der Waals surface area contributed by atoms with E-state index in [0.29, 0.717) is 31.3 Å². The quantitative estimate of drug-likeness (QED) is 0.535. The summed E-state index contributed by atoms with van der Waals surface area (Å²) in [5, 5.41) is 0. The summed E-state index contributed by atoms with van der Waals surface area (Å²) in [6, 6.07) is 1.64. The molecule has 1 aromatic rings. The van der Waals surface area contributed by atoms with Gasteiger partial charge in [-0.05, 0) is 6.07 Å². The number of esters is 1. The van der Waals surface area contributed by atoms with Crippen molar-refractivity contribution in [1.29, 1.82) is 0 Å². The third-order valence-electron chi connectivity index (χ3n) is 2.56. The highest BCUT2D eigenvalue weighted by atomic mass is 32.1. The Morgan fingerprint density at radius 1 is 1.45 bits per heavy atom. The Morgan fingerprint density at radius 3 is 2.80 bits per heavy atom. The molecule has 0 spiro atoms. The van der Waals surface area contributed by atoms with Gasteiger partial charge in [0, 0.05) is 26.4 Å².